The van der Waals surface area contributed by atoms with Crippen LogP contribution in [0.5, 0.6) is 0 Å². The van der Waals surface area contributed by atoms with Crippen molar-refractivity contribution in [3.63, 3.8) is 0 Å². The van der Waals surface area contributed by atoms with Crippen LogP contribution in [0.4, 0.5) is 0 Å². The highest BCUT2D eigenvalue weighted by Crippen LogP contribution is 2.33. The molecule has 140 valence electrons. The fourth-order valence-electron chi connectivity index (χ4n) is 4.16. The van der Waals surface area contributed by atoms with Crippen LogP contribution in [0, 0.1) is 13.8 Å². The average Bonchev–Trinajstić information content (AvgIpc) is 2.76. The summed E-state index contributed by atoms with van der Waals surface area (Å²) in [6.45, 7) is 4.17. The third-order valence-electron chi connectivity index (χ3n) is 5.59. The second-order valence-corrected chi connectivity index (χ2v) is 7.59. The van der Waals surface area contributed by atoms with Gasteiger partial charge in [-0.05, 0) is 47.6 Å². The van der Waals surface area contributed by atoms with Crippen molar-refractivity contribution in [2.75, 3.05) is 0 Å². The van der Waals surface area contributed by atoms with Gasteiger partial charge in [0.05, 0.1) is 11.1 Å². The quantitative estimate of drug-likeness (QED) is 0.327. The van der Waals surface area contributed by atoms with Crippen LogP contribution >= 0.6 is 0 Å². The van der Waals surface area contributed by atoms with E-state index in [1.807, 2.05) is 59.1 Å². The van der Waals surface area contributed by atoms with Crippen LogP contribution in [0.25, 0.3) is 38.5 Å². The molecule has 0 fully saturated rings. The van der Waals surface area contributed by atoms with Crippen molar-refractivity contribution < 1.29 is 0 Å². The predicted octanol–water partition coefficient (Wildman–Crippen LogP) is 6.40. The van der Waals surface area contributed by atoms with E-state index in [9.17, 15) is 4.79 Å². The van der Waals surface area contributed by atoms with E-state index >= 15 is 0 Å². The topological polar surface area (TPSA) is 21.5 Å². The lowest BCUT2D eigenvalue weighted by Gasteiger charge is -2.15. The van der Waals surface area contributed by atoms with Crippen molar-refractivity contribution >= 4 is 16.3 Å². The van der Waals surface area contributed by atoms with Crippen molar-refractivity contribution in [3.05, 3.63) is 113 Å². The molecule has 0 radical (unpaired) electrons. The third-order valence-corrected chi connectivity index (χ3v) is 5.59. The molecule has 0 N–H and O–H groups in total. The molecule has 3 aromatic carbocycles. The first-order valence-corrected chi connectivity index (χ1v) is 9.83. The molecule has 0 aliphatic carbocycles. The lowest BCUT2D eigenvalue weighted by atomic mass is 9.94. The molecule has 0 atom stereocenters. The van der Waals surface area contributed by atoms with Crippen molar-refractivity contribution in [2.24, 2.45) is 0 Å². The van der Waals surface area contributed by atoms with Gasteiger partial charge < -0.3 is 0 Å². The molecule has 0 bridgehead atoms. The monoisotopic (exact) mass is 375 g/mol. The molecule has 5 aromatic rings. The van der Waals surface area contributed by atoms with Gasteiger partial charge in [0.25, 0.3) is 5.56 Å². The Bertz CT molecular complexity index is 1410. The number of fused-ring (bicyclic) bond motifs is 3. The van der Waals surface area contributed by atoms with Gasteiger partial charge in [-0.2, -0.15) is 0 Å². The van der Waals surface area contributed by atoms with Crippen molar-refractivity contribution in [1.29, 1.82) is 0 Å². The standard InChI is InChI=1S/C27H21NO/c1-18-13-14-22-23(15-18)19(2)17-28-25(22)16-24(20-9-5-3-6-10-20)26(27(28)29)21-11-7-4-8-12-21/h3-17H,1-2H3. The summed E-state index contributed by atoms with van der Waals surface area (Å²) in [5.74, 6) is 0. The first-order chi connectivity index (χ1) is 14.1. The molecule has 2 aromatic heterocycles. The van der Waals surface area contributed by atoms with Gasteiger partial charge in [0, 0.05) is 11.6 Å². The Morgan fingerprint density at radius 3 is 2.03 bits per heavy atom. The van der Waals surface area contributed by atoms with Crippen LogP contribution in [0.1, 0.15) is 11.1 Å². The van der Waals surface area contributed by atoms with Crippen LogP contribution in [-0.4, -0.2) is 4.40 Å². The molecular formula is C27H21NO. The molecule has 0 saturated carbocycles. The van der Waals surface area contributed by atoms with Crippen LogP contribution in [0.15, 0.2) is 95.9 Å². The molecule has 0 spiro atoms. The third kappa shape index (κ3) is 2.85. The van der Waals surface area contributed by atoms with E-state index in [1.54, 1.807) is 0 Å². The van der Waals surface area contributed by atoms with Gasteiger partial charge in [0.1, 0.15) is 0 Å². The zero-order chi connectivity index (χ0) is 20.0. The molecule has 0 unspecified atom stereocenters. The number of hydrogen-bond donors (Lipinski definition) is 0. The molecule has 29 heavy (non-hydrogen) atoms. The SMILES string of the molecule is Cc1ccc2c(c1)c(C)cn1c(=O)c(-c3ccccc3)c(-c3ccccc3)cc21. The van der Waals surface area contributed by atoms with E-state index in [2.05, 4.69) is 50.2 Å². The lowest BCUT2D eigenvalue weighted by molar-refractivity contribution is 1.09. The van der Waals surface area contributed by atoms with E-state index in [1.165, 1.54) is 10.9 Å². The van der Waals surface area contributed by atoms with Crippen LogP contribution in [0.2, 0.25) is 0 Å². The zero-order valence-corrected chi connectivity index (χ0v) is 16.5. The minimum atomic E-state index is 0.0122. The van der Waals surface area contributed by atoms with E-state index in [-0.39, 0.29) is 5.56 Å². The molecular weight excluding hydrogens is 354 g/mol. The molecule has 0 saturated heterocycles. The first kappa shape index (κ1) is 17.4. The van der Waals surface area contributed by atoms with E-state index in [0.29, 0.717) is 0 Å². The summed E-state index contributed by atoms with van der Waals surface area (Å²) >= 11 is 0. The summed E-state index contributed by atoms with van der Waals surface area (Å²) < 4.78 is 1.81. The Morgan fingerprint density at radius 1 is 0.690 bits per heavy atom. The highest BCUT2D eigenvalue weighted by Gasteiger charge is 2.16. The van der Waals surface area contributed by atoms with Gasteiger partial charge >= 0.3 is 0 Å². The summed E-state index contributed by atoms with van der Waals surface area (Å²) in [4.78, 5) is 13.7. The summed E-state index contributed by atoms with van der Waals surface area (Å²) in [5.41, 5.74) is 6.96. The summed E-state index contributed by atoms with van der Waals surface area (Å²) in [6, 6.07) is 28.7. The number of benzene rings is 3. The molecule has 0 aliphatic heterocycles. The fourth-order valence-corrected chi connectivity index (χ4v) is 4.16. The number of aromatic nitrogens is 1. The maximum atomic E-state index is 13.7. The van der Waals surface area contributed by atoms with Crippen LogP contribution < -0.4 is 5.56 Å². The number of hydrogen-bond acceptors (Lipinski definition) is 1. The molecule has 0 aliphatic rings. The van der Waals surface area contributed by atoms with Crippen LogP contribution in [0.3, 0.4) is 0 Å². The largest absolute Gasteiger partial charge is 0.283 e. The van der Waals surface area contributed by atoms with Gasteiger partial charge in [0.15, 0.2) is 0 Å². The molecule has 0 amide bonds. The van der Waals surface area contributed by atoms with Crippen molar-refractivity contribution in [3.8, 4) is 22.3 Å². The first-order valence-electron chi connectivity index (χ1n) is 9.83. The highest BCUT2D eigenvalue weighted by molar-refractivity contribution is 6.00. The second kappa shape index (κ2) is 6.75. The van der Waals surface area contributed by atoms with Gasteiger partial charge in [-0.1, -0.05) is 84.4 Å². The predicted molar refractivity (Wildman–Crippen MR) is 122 cm³/mol. The van der Waals surface area contributed by atoms with E-state index < -0.39 is 0 Å². The minimum Gasteiger partial charge on any atom is -0.283 e. The number of aryl methyl sites for hydroxylation is 2. The smallest absolute Gasteiger partial charge is 0.263 e. The summed E-state index contributed by atoms with van der Waals surface area (Å²) in [7, 11) is 0. The Labute approximate surface area is 169 Å². The normalized spacial score (nSPS) is 11.2. The van der Waals surface area contributed by atoms with Crippen molar-refractivity contribution in [2.45, 2.75) is 13.8 Å². The number of rotatable bonds is 2. The second-order valence-electron chi connectivity index (χ2n) is 7.59. The Kier molecular flexibility index (Phi) is 4.06. The number of nitrogens with zero attached hydrogens (tertiary/aromatic N) is 1. The summed E-state index contributed by atoms with van der Waals surface area (Å²) in [5, 5.41) is 2.29. The van der Waals surface area contributed by atoms with Gasteiger partial charge in [0.2, 0.25) is 0 Å². The molecule has 2 heterocycles. The Morgan fingerprint density at radius 2 is 1.34 bits per heavy atom. The maximum Gasteiger partial charge on any atom is 0.263 e. The van der Waals surface area contributed by atoms with E-state index in [0.717, 1.165) is 38.7 Å². The minimum absolute atomic E-state index is 0.0122. The van der Waals surface area contributed by atoms with Crippen molar-refractivity contribution in [1.82, 2.24) is 4.40 Å². The Hall–Kier alpha value is -3.65. The van der Waals surface area contributed by atoms with E-state index in [4.69, 9.17) is 0 Å². The molecule has 2 nitrogen and oxygen atoms in total. The maximum absolute atomic E-state index is 13.7. The fraction of sp³-hybridized carbons (Fsp3) is 0.0741. The summed E-state index contributed by atoms with van der Waals surface area (Å²) in [6.07, 6.45) is 1.97. The Balaban J connectivity index is 1.98. The van der Waals surface area contributed by atoms with Crippen LogP contribution in [-0.2, 0) is 0 Å². The van der Waals surface area contributed by atoms with Gasteiger partial charge in [-0.3, -0.25) is 9.20 Å². The zero-order valence-electron chi connectivity index (χ0n) is 16.5. The van der Waals surface area contributed by atoms with Gasteiger partial charge in [-0.25, -0.2) is 0 Å². The lowest BCUT2D eigenvalue weighted by Crippen LogP contribution is -2.17. The molecule has 2 heteroatoms. The number of pyridine rings is 2. The average molecular weight is 375 g/mol. The highest BCUT2D eigenvalue weighted by atomic mass is 16.1. The molecule has 5 rings (SSSR count). The van der Waals surface area contributed by atoms with Gasteiger partial charge in [-0.15, -0.1) is 0 Å².